The number of amides is 2. The molecular formula is C28H31ClN2O4S. The van der Waals surface area contributed by atoms with Gasteiger partial charge in [-0.25, -0.2) is 0 Å². The Morgan fingerprint density at radius 2 is 1.94 bits per heavy atom. The van der Waals surface area contributed by atoms with Gasteiger partial charge in [0.1, 0.15) is 13.2 Å². The van der Waals surface area contributed by atoms with Gasteiger partial charge in [-0.1, -0.05) is 36.7 Å². The third kappa shape index (κ3) is 5.68. The van der Waals surface area contributed by atoms with Gasteiger partial charge >= 0.3 is 0 Å². The largest absolute Gasteiger partial charge is 0.493 e. The van der Waals surface area contributed by atoms with E-state index < -0.39 is 0 Å². The maximum absolute atomic E-state index is 13.7. The van der Waals surface area contributed by atoms with Gasteiger partial charge in [0.2, 0.25) is 5.91 Å². The minimum atomic E-state index is -0.252. The Morgan fingerprint density at radius 1 is 1.17 bits per heavy atom. The molecule has 0 saturated heterocycles. The van der Waals surface area contributed by atoms with E-state index >= 15 is 0 Å². The highest BCUT2D eigenvalue weighted by Crippen LogP contribution is 2.35. The lowest BCUT2D eigenvalue weighted by molar-refractivity contribution is -0.136. The number of carbonyl (C=O) groups excluding carboxylic acids is 2. The monoisotopic (exact) mass is 526 g/mol. The van der Waals surface area contributed by atoms with Crippen LogP contribution < -0.4 is 9.47 Å². The Hall–Kier alpha value is -3.03. The molecule has 0 aliphatic carbocycles. The normalized spacial score (nSPS) is 15.7. The minimum absolute atomic E-state index is 0.00895. The summed E-state index contributed by atoms with van der Waals surface area (Å²) >= 11 is 7.83. The number of thiophene rings is 1. The van der Waals surface area contributed by atoms with Crippen LogP contribution in [-0.4, -0.2) is 54.5 Å². The molecule has 1 aliphatic rings. The van der Waals surface area contributed by atoms with Crippen molar-refractivity contribution in [1.82, 2.24) is 9.80 Å². The average molecular weight is 527 g/mol. The van der Waals surface area contributed by atoms with Crippen molar-refractivity contribution in [3.63, 3.8) is 0 Å². The Bertz CT molecular complexity index is 1210. The second-order valence-electron chi connectivity index (χ2n) is 8.81. The van der Waals surface area contributed by atoms with Gasteiger partial charge in [-0.05, 0) is 67.1 Å². The van der Waals surface area contributed by atoms with Crippen molar-refractivity contribution in [2.45, 2.75) is 38.8 Å². The van der Waals surface area contributed by atoms with E-state index in [4.69, 9.17) is 21.1 Å². The van der Waals surface area contributed by atoms with Gasteiger partial charge in [0.15, 0.2) is 11.5 Å². The first-order valence-electron chi connectivity index (χ1n) is 12.1. The van der Waals surface area contributed by atoms with Crippen LogP contribution in [0, 0.1) is 0 Å². The van der Waals surface area contributed by atoms with Crippen LogP contribution in [0.5, 0.6) is 11.5 Å². The third-order valence-corrected chi connectivity index (χ3v) is 7.87. The maximum Gasteiger partial charge on any atom is 0.254 e. The number of ether oxygens (including phenoxy) is 2. The van der Waals surface area contributed by atoms with E-state index in [2.05, 4.69) is 11.4 Å². The summed E-state index contributed by atoms with van der Waals surface area (Å²) in [5, 5.41) is 2.55. The van der Waals surface area contributed by atoms with Crippen molar-refractivity contribution >= 4 is 34.8 Å². The van der Waals surface area contributed by atoms with Crippen LogP contribution in [0.2, 0.25) is 5.02 Å². The molecule has 0 unspecified atom stereocenters. The lowest BCUT2D eigenvalue weighted by atomic mass is 10.00. The number of hydrogen-bond donors (Lipinski definition) is 0. The third-order valence-electron chi connectivity index (χ3n) is 6.64. The fraction of sp³-hybridized carbons (Fsp3) is 0.357. The molecule has 0 saturated carbocycles. The summed E-state index contributed by atoms with van der Waals surface area (Å²) in [7, 11) is 1.61. The van der Waals surface area contributed by atoms with Gasteiger partial charge in [-0.15, -0.1) is 11.3 Å². The molecule has 0 fully saturated rings. The summed E-state index contributed by atoms with van der Waals surface area (Å²) in [5.74, 6) is 0.977. The van der Waals surface area contributed by atoms with Gasteiger partial charge in [-0.3, -0.25) is 9.59 Å². The minimum Gasteiger partial charge on any atom is -0.493 e. The second-order valence-corrected chi connectivity index (χ2v) is 10.3. The second kappa shape index (κ2) is 11.8. The molecule has 2 aromatic carbocycles. The van der Waals surface area contributed by atoms with E-state index in [1.807, 2.05) is 43.0 Å². The zero-order valence-electron chi connectivity index (χ0n) is 20.8. The number of benzene rings is 2. The predicted molar refractivity (Wildman–Crippen MR) is 143 cm³/mol. The van der Waals surface area contributed by atoms with Gasteiger partial charge in [0.05, 0.1) is 13.2 Å². The first kappa shape index (κ1) is 26.0. The highest BCUT2D eigenvalue weighted by Gasteiger charge is 2.34. The number of fused-ring (bicyclic) bond motifs is 1. The number of carbonyl (C=O) groups is 2. The molecule has 2 heterocycles. The van der Waals surface area contributed by atoms with Crippen molar-refractivity contribution in [3.8, 4) is 11.5 Å². The predicted octanol–water partition coefficient (Wildman–Crippen LogP) is 5.86. The van der Waals surface area contributed by atoms with E-state index in [0.717, 1.165) is 18.4 Å². The van der Waals surface area contributed by atoms with Crippen LogP contribution in [0.15, 0.2) is 60.0 Å². The Kier molecular flexibility index (Phi) is 8.54. The molecule has 8 heteroatoms. The van der Waals surface area contributed by atoms with Crippen molar-refractivity contribution in [2.75, 3.05) is 26.8 Å². The van der Waals surface area contributed by atoms with Crippen LogP contribution in [0.25, 0.3) is 0 Å². The average Bonchev–Trinajstić information content (AvgIpc) is 3.38. The van der Waals surface area contributed by atoms with E-state index in [0.29, 0.717) is 35.2 Å². The Labute approximate surface area is 221 Å². The number of para-hydroxylation sites is 2. The molecule has 4 rings (SSSR count). The van der Waals surface area contributed by atoms with Gasteiger partial charge in [0, 0.05) is 28.0 Å². The number of nitrogens with zero attached hydrogens (tertiary/aromatic N) is 2. The fourth-order valence-corrected chi connectivity index (χ4v) is 5.57. The van der Waals surface area contributed by atoms with Crippen LogP contribution in [0.1, 0.15) is 47.1 Å². The Morgan fingerprint density at radius 3 is 2.67 bits per heavy atom. The van der Waals surface area contributed by atoms with E-state index in [9.17, 15) is 9.59 Å². The molecule has 2 amide bonds. The summed E-state index contributed by atoms with van der Waals surface area (Å²) in [5.41, 5.74) is 1.58. The quantitative estimate of drug-likeness (QED) is 0.350. The molecule has 0 N–H and O–H groups in total. The summed E-state index contributed by atoms with van der Waals surface area (Å²) in [4.78, 5) is 31.9. The fourth-order valence-electron chi connectivity index (χ4n) is 4.45. The number of methoxy groups -OCH3 is 1. The molecule has 3 aromatic rings. The number of halogens is 1. The van der Waals surface area contributed by atoms with Crippen molar-refractivity contribution in [1.29, 1.82) is 0 Å². The van der Waals surface area contributed by atoms with E-state index in [-0.39, 0.29) is 30.4 Å². The Balaban J connectivity index is 1.56. The van der Waals surface area contributed by atoms with E-state index in [1.165, 1.54) is 4.88 Å². The van der Waals surface area contributed by atoms with Crippen LogP contribution >= 0.6 is 22.9 Å². The SMILES string of the molecule is CC[C@H](C)N(CC(=O)N1CCc2sccc2[C@H]1COc1ccccc1OC)C(=O)c1cccc(Cl)c1. The smallest absolute Gasteiger partial charge is 0.254 e. The summed E-state index contributed by atoms with van der Waals surface area (Å²) < 4.78 is 11.6. The highest BCUT2D eigenvalue weighted by molar-refractivity contribution is 7.10. The van der Waals surface area contributed by atoms with Gasteiger partial charge < -0.3 is 19.3 Å². The first-order chi connectivity index (χ1) is 17.4. The summed E-state index contributed by atoms with van der Waals surface area (Å²) in [6, 6.07) is 16.1. The summed E-state index contributed by atoms with van der Waals surface area (Å²) in [6.07, 6.45) is 1.52. The number of hydrogen-bond acceptors (Lipinski definition) is 5. The topological polar surface area (TPSA) is 59.1 Å². The lowest BCUT2D eigenvalue weighted by Crippen LogP contribution is -2.49. The van der Waals surface area contributed by atoms with Crippen LogP contribution in [0.4, 0.5) is 0 Å². The molecule has 0 radical (unpaired) electrons. The summed E-state index contributed by atoms with van der Waals surface area (Å²) in [6.45, 7) is 4.83. The van der Waals surface area contributed by atoms with Crippen LogP contribution in [0.3, 0.4) is 0 Å². The molecule has 0 spiro atoms. The zero-order valence-corrected chi connectivity index (χ0v) is 22.3. The lowest BCUT2D eigenvalue weighted by Gasteiger charge is -2.38. The van der Waals surface area contributed by atoms with Crippen molar-refractivity contribution < 1.29 is 19.1 Å². The number of rotatable bonds is 9. The molecule has 36 heavy (non-hydrogen) atoms. The standard InChI is InChI=1S/C28H31ClN2O4S/c1-4-19(2)31(28(33)20-8-7-9-21(29)16-20)17-27(32)30-14-12-26-22(13-15-36-26)23(30)18-35-25-11-6-5-10-24(25)34-3/h5-11,13,15-16,19,23H,4,12,14,17-18H2,1-3H3/t19-,23+/m0/s1. The molecule has 1 aromatic heterocycles. The molecule has 2 atom stereocenters. The van der Waals surface area contributed by atoms with Gasteiger partial charge in [-0.2, -0.15) is 0 Å². The molecule has 1 aliphatic heterocycles. The van der Waals surface area contributed by atoms with Crippen molar-refractivity contribution in [2.24, 2.45) is 0 Å². The molecule has 190 valence electrons. The molecule has 6 nitrogen and oxygen atoms in total. The van der Waals surface area contributed by atoms with Crippen LogP contribution in [-0.2, 0) is 11.2 Å². The highest BCUT2D eigenvalue weighted by atomic mass is 35.5. The molecule has 0 bridgehead atoms. The molecular weight excluding hydrogens is 496 g/mol. The van der Waals surface area contributed by atoms with E-state index in [1.54, 1.807) is 47.6 Å². The first-order valence-corrected chi connectivity index (χ1v) is 13.4. The maximum atomic E-state index is 13.7. The zero-order chi connectivity index (χ0) is 25.7. The van der Waals surface area contributed by atoms with Gasteiger partial charge in [0.25, 0.3) is 5.91 Å². The van der Waals surface area contributed by atoms with Crippen molar-refractivity contribution in [3.05, 3.63) is 81.0 Å².